The first-order chi connectivity index (χ1) is 16.2. The summed E-state index contributed by atoms with van der Waals surface area (Å²) in [6, 6.07) is -1.05. The molecule has 0 aromatic rings. The molecule has 0 spiro atoms. The number of hydrogen-bond donors (Lipinski definition) is 2. The molecule has 4 N–H and O–H groups in total. The maximum Gasteiger partial charge on any atom is 0.239 e. The highest BCUT2D eigenvalue weighted by Gasteiger charge is 2.23. The highest BCUT2D eigenvalue weighted by Crippen LogP contribution is 2.07. The Labute approximate surface area is 205 Å². The maximum atomic E-state index is 12.7. The molecule has 1 saturated heterocycles. The molecule has 0 aromatic heterocycles. The average molecular weight is 489 g/mol. The van der Waals surface area contributed by atoms with E-state index in [0.29, 0.717) is 104 Å². The predicted octanol–water partition coefficient (Wildman–Crippen LogP) is 0.470. The topological polar surface area (TPSA) is 130 Å². The number of ether oxygens (including phenoxy) is 4. The number of nitrogens with two attached hydrogens (primary N) is 2. The quantitative estimate of drug-likeness (QED) is 0.552. The lowest BCUT2D eigenvalue weighted by Gasteiger charge is -2.27. The Morgan fingerprint density at radius 1 is 0.588 bits per heavy atom. The van der Waals surface area contributed by atoms with Gasteiger partial charge in [-0.25, -0.2) is 0 Å². The van der Waals surface area contributed by atoms with Gasteiger partial charge in [-0.1, -0.05) is 27.7 Å². The first-order valence-corrected chi connectivity index (χ1v) is 12.6. The summed E-state index contributed by atoms with van der Waals surface area (Å²) >= 11 is 0. The van der Waals surface area contributed by atoms with Crippen molar-refractivity contribution in [3.8, 4) is 0 Å². The molecule has 2 unspecified atom stereocenters. The van der Waals surface area contributed by atoms with Crippen molar-refractivity contribution < 1.29 is 28.5 Å². The zero-order valence-corrected chi connectivity index (χ0v) is 21.7. The van der Waals surface area contributed by atoms with Gasteiger partial charge in [0.1, 0.15) is 0 Å². The van der Waals surface area contributed by atoms with Gasteiger partial charge in [-0.3, -0.25) is 9.59 Å². The van der Waals surface area contributed by atoms with Crippen molar-refractivity contribution in [1.29, 1.82) is 0 Å². The number of nitrogens with zero attached hydrogens (tertiary/aromatic N) is 2. The highest BCUT2D eigenvalue weighted by atomic mass is 16.5. The number of carbonyl (C=O) groups excluding carboxylic acids is 2. The lowest BCUT2D eigenvalue weighted by atomic mass is 10.0. The fourth-order valence-electron chi connectivity index (χ4n) is 3.69. The van der Waals surface area contributed by atoms with Gasteiger partial charge in [0, 0.05) is 26.2 Å². The van der Waals surface area contributed by atoms with Crippen LogP contribution in [0, 0.1) is 11.8 Å². The van der Waals surface area contributed by atoms with Gasteiger partial charge in [-0.2, -0.15) is 0 Å². The van der Waals surface area contributed by atoms with Crippen LogP contribution in [0.2, 0.25) is 0 Å². The molecule has 2 amide bonds. The lowest BCUT2D eigenvalue weighted by Crippen LogP contribution is -2.47. The molecule has 0 aromatic carbocycles. The SMILES string of the molecule is CC(C)CC(N)C(=O)N1CCOCCOCCN(C(=O)C(N)CC(C)C)CCOCCOCC1. The van der Waals surface area contributed by atoms with Crippen molar-refractivity contribution in [2.45, 2.75) is 52.6 Å². The summed E-state index contributed by atoms with van der Waals surface area (Å²) < 4.78 is 22.6. The molecule has 1 fully saturated rings. The van der Waals surface area contributed by atoms with Crippen LogP contribution < -0.4 is 11.5 Å². The van der Waals surface area contributed by atoms with Gasteiger partial charge in [0.2, 0.25) is 11.8 Å². The first-order valence-electron chi connectivity index (χ1n) is 12.6. The van der Waals surface area contributed by atoms with E-state index in [1.807, 2.05) is 27.7 Å². The molecule has 1 heterocycles. The van der Waals surface area contributed by atoms with Crippen LogP contribution >= 0.6 is 0 Å². The minimum Gasteiger partial charge on any atom is -0.377 e. The monoisotopic (exact) mass is 488 g/mol. The highest BCUT2D eigenvalue weighted by molar-refractivity contribution is 5.82. The molecular weight excluding hydrogens is 440 g/mol. The number of hydrogen-bond acceptors (Lipinski definition) is 8. The minimum atomic E-state index is -0.524. The number of rotatable bonds is 6. The second-order valence-corrected chi connectivity index (χ2v) is 9.57. The molecule has 1 aliphatic heterocycles. The van der Waals surface area contributed by atoms with Crippen LogP contribution in [0.1, 0.15) is 40.5 Å². The maximum absolute atomic E-state index is 12.7. The Morgan fingerprint density at radius 2 is 0.853 bits per heavy atom. The summed E-state index contributed by atoms with van der Waals surface area (Å²) in [6.45, 7) is 13.2. The molecule has 10 nitrogen and oxygen atoms in total. The van der Waals surface area contributed by atoms with Crippen LogP contribution in [-0.2, 0) is 28.5 Å². The van der Waals surface area contributed by atoms with E-state index in [1.54, 1.807) is 9.80 Å². The summed E-state index contributed by atoms with van der Waals surface area (Å²) in [5.74, 6) is 0.531. The van der Waals surface area contributed by atoms with Gasteiger partial charge in [0.05, 0.1) is 64.9 Å². The third-order valence-electron chi connectivity index (χ3n) is 5.47. The van der Waals surface area contributed by atoms with E-state index in [0.717, 1.165) is 0 Å². The normalized spacial score (nSPS) is 20.6. The predicted molar refractivity (Wildman–Crippen MR) is 131 cm³/mol. The summed E-state index contributed by atoms with van der Waals surface area (Å²) in [5, 5.41) is 0. The fourth-order valence-corrected chi connectivity index (χ4v) is 3.69. The summed E-state index contributed by atoms with van der Waals surface area (Å²) in [4.78, 5) is 28.9. The van der Waals surface area contributed by atoms with Gasteiger partial charge >= 0.3 is 0 Å². The molecular formula is C24H48N4O6. The number of carbonyl (C=O) groups is 2. The van der Waals surface area contributed by atoms with Crippen molar-refractivity contribution in [3.05, 3.63) is 0 Å². The molecule has 1 aliphatic rings. The van der Waals surface area contributed by atoms with Crippen LogP contribution in [0.5, 0.6) is 0 Å². The van der Waals surface area contributed by atoms with Crippen LogP contribution in [0.3, 0.4) is 0 Å². The second-order valence-electron chi connectivity index (χ2n) is 9.57. The van der Waals surface area contributed by atoms with E-state index in [1.165, 1.54) is 0 Å². The van der Waals surface area contributed by atoms with Gasteiger partial charge in [-0.05, 0) is 24.7 Å². The summed E-state index contributed by atoms with van der Waals surface area (Å²) in [5.41, 5.74) is 12.2. The third kappa shape index (κ3) is 13.6. The molecule has 0 radical (unpaired) electrons. The van der Waals surface area contributed by atoms with Crippen LogP contribution in [0.15, 0.2) is 0 Å². The molecule has 0 saturated carbocycles. The standard InChI is InChI=1S/C24H48N4O6/c1-19(2)17-21(25)23(29)27-5-9-31-13-15-33-11-7-28(24(30)22(26)18-20(3)4)8-12-34-16-14-32-10-6-27/h19-22H,5-18,25-26H2,1-4H3. The van der Waals surface area contributed by atoms with Crippen LogP contribution in [0.25, 0.3) is 0 Å². The van der Waals surface area contributed by atoms with Gasteiger partial charge in [0.25, 0.3) is 0 Å². The Hall–Kier alpha value is -1.30. The molecule has 10 heteroatoms. The fraction of sp³-hybridized carbons (Fsp3) is 0.917. The van der Waals surface area contributed by atoms with Crippen molar-refractivity contribution in [1.82, 2.24) is 9.80 Å². The zero-order chi connectivity index (χ0) is 25.3. The summed E-state index contributed by atoms with van der Waals surface area (Å²) in [7, 11) is 0. The van der Waals surface area contributed by atoms with E-state index < -0.39 is 12.1 Å². The van der Waals surface area contributed by atoms with Crippen LogP contribution in [-0.4, -0.2) is 113 Å². The third-order valence-corrected chi connectivity index (χ3v) is 5.47. The average Bonchev–Trinajstić information content (AvgIpc) is 2.77. The molecule has 0 bridgehead atoms. The van der Waals surface area contributed by atoms with Crippen molar-refractivity contribution >= 4 is 11.8 Å². The zero-order valence-electron chi connectivity index (χ0n) is 21.7. The molecule has 0 aliphatic carbocycles. The first kappa shape index (κ1) is 30.7. The number of amides is 2. The van der Waals surface area contributed by atoms with Crippen molar-refractivity contribution in [3.63, 3.8) is 0 Å². The van der Waals surface area contributed by atoms with E-state index in [-0.39, 0.29) is 11.8 Å². The van der Waals surface area contributed by atoms with Gasteiger partial charge in [0.15, 0.2) is 0 Å². The van der Waals surface area contributed by atoms with E-state index in [4.69, 9.17) is 30.4 Å². The second kappa shape index (κ2) is 18.0. The Kier molecular flexibility index (Phi) is 16.3. The Bertz CT molecular complexity index is 496. The minimum absolute atomic E-state index is 0.0803. The van der Waals surface area contributed by atoms with Gasteiger partial charge < -0.3 is 40.2 Å². The van der Waals surface area contributed by atoms with E-state index in [9.17, 15) is 9.59 Å². The molecule has 200 valence electrons. The molecule has 1 rings (SSSR count). The molecule has 34 heavy (non-hydrogen) atoms. The largest absolute Gasteiger partial charge is 0.377 e. The summed E-state index contributed by atoms with van der Waals surface area (Å²) in [6.07, 6.45) is 1.28. The van der Waals surface area contributed by atoms with E-state index >= 15 is 0 Å². The smallest absolute Gasteiger partial charge is 0.239 e. The van der Waals surface area contributed by atoms with Crippen LogP contribution in [0.4, 0.5) is 0 Å². The Balaban J connectivity index is 2.58. The van der Waals surface area contributed by atoms with Crippen molar-refractivity contribution in [2.75, 3.05) is 79.0 Å². The van der Waals surface area contributed by atoms with E-state index in [2.05, 4.69) is 0 Å². The molecule has 2 atom stereocenters. The van der Waals surface area contributed by atoms with Crippen molar-refractivity contribution in [2.24, 2.45) is 23.3 Å². The lowest BCUT2D eigenvalue weighted by molar-refractivity contribution is -0.136. The van der Waals surface area contributed by atoms with Gasteiger partial charge in [-0.15, -0.1) is 0 Å². The Morgan fingerprint density at radius 3 is 1.09 bits per heavy atom.